The van der Waals surface area contributed by atoms with E-state index in [0.29, 0.717) is 31.6 Å². The van der Waals surface area contributed by atoms with E-state index in [2.05, 4.69) is 0 Å². The van der Waals surface area contributed by atoms with Crippen molar-refractivity contribution < 1.29 is 14.4 Å². The maximum absolute atomic E-state index is 13.9. The van der Waals surface area contributed by atoms with Gasteiger partial charge in [-0.2, -0.15) is 0 Å². The summed E-state index contributed by atoms with van der Waals surface area (Å²) in [7, 11) is 0. The molecular formula is C13H17FN2O3. The molecule has 1 heterocycles. The van der Waals surface area contributed by atoms with E-state index in [1.807, 2.05) is 4.90 Å². The number of nitro groups is 1. The van der Waals surface area contributed by atoms with Crippen LogP contribution in [0.15, 0.2) is 18.2 Å². The van der Waals surface area contributed by atoms with Crippen molar-refractivity contribution in [1.29, 1.82) is 0 Å². The Labute approximate surface area is 110 Å². The number of benzene rings is 1. The standard InChI is InChI=1S/C13H17FN2O3/c1-13(17)5-2-7-15(8-6-13)12-4-3-10(16(18)19)9-11(12)14/h3-4,9,17H,2,5-8H2,1H3. The zero-order chi connectivity index (χ0) is 14.0. The normalized spacial score (nSPS) is 24.1. The third-order valence-electron chi connectivity index (χ3n) is 3.55. The number of anilines is 1. The fourth-order valence-electron chi connectivity index (χ4n) is 2.37. The summed E-state index contributed by atoms with van der Waals surface area (Å²) >= 11 is 0. The monoisotopic (exact) mass is 268 g/mol. The number of aliphatic hydroxyl groups is 1. The van der Waals surface area contributed by atoms with Crippen LogP contribution in [-0.4, -0.2) is 28.7 Å². The van der Waals surface area contributed by atoms with Gasteiger partial charge in [0.05, 0.1) is 22.3 Å². The molecule has 0 radical (unpaired) electrons. The van der Waals surface area contributed by atoms with Crippen LogP contribution < -0.4 is 4.90 Å². The highest BCUT2D eigenvalue weighted by Gasteiger charge is 2.26. The number of nitro benzene ring substituents is 1. The molecule has 19 heavy (non-hydrogen) atoms. The zero-order valence-electron chi connectivity index (χ0n) is 10.8. The Morgan fingerprint density at radius 3 is 2.79 bits per heavy atom. The highest BCUT2D eigenvalue weighted by Crippen LogP contribution is 2.28. The smallest absolute Gasteiger partial charge is 0.272 e. The molecule has 0 bridgehead atoms. The molecule has 104 valence electrons. The number of nitrogens with zero attached hydrogens (tertiary/aromatic N) is 2. The lowest BCUT2D eigenvalue weighted by atomic mass is 9.98. The van der Waals surface area contributed by atoms with Crippen molar-refractivity contribution >= 4 is 11.4 Å². The van der Waals surface area contributed by atoms with Crippen molar-refractivity contribution in [2.75, 3.05) is 18.0 Å². The van der Waals surface area contributed by atoms with Gasteiger partial charge < -0.3 is 10.0 Å². The Hall–Kier alpha value is -1.69. The van der Waals surface area contributed by atoms with Gasteiger partial charge >= 0.3 is 0 Å². The SMILES string of the molecule is CC1(O)CCCN(c2ccc([N+](=O)[O-])cc2F)CC1. The molecule has 0 aliphatic carbocycles. The lowest BCUT2D eigenvalue weighted by Gasteiger charge is -2.24. The third-order valence-corrected chi connectivity index (χ3v) is 3.55. The van der Waals surface area contributed by atoms with Gasteiger partial charge in [-0.3, -0.25) is 10.1 Å². The Balaban J connectivity index is 2.20. The van der Waals surface area contributed by atoms with Gasteiger partial charge in [-0.05, 0) is 32.3 Å². The molecule has 0 spiro atoms. The highest BCUT2D eigenvalue weighted by molar-refractivity contribution is 5.52. The van der Waals surface area contributed by atoms with Crippen LogP contribution >= 0.6 is 0 Å². The molecule has 0 aromatic heterocycles. The van der Waals surface area contributed by atoms with Crippen molar-refractivity contribution in [3.8, 4) is 0 Å². The van der Waals surface area contributed by atoms with Crippen molar-refractivity contribution in [1.82, 2.24) is 0 Å². The van der Waals surface area contributed by atoms with Crippen LogP contribution in [0.5, 0.6) is 0 Å². The van der Waals surface area contributed by atoms with Crippen LogP contribution in [0.3, 0.4) is 0 Å². The molecule has 1 N–H and O–H groups in total. The molecule has 2 rings (SSSR count). The van der Waals surface area contributed by atoms with Crippen LogP contribution in [-0.2, 0) is 0 Å². The van der Waals surface area contributed by atoms with Crippen molar-refractivity contribution in [3.05, 3.63) is 34.1 Å². The minimum absolute atomic E-state index is 0.247. The largest absolute Gasteiger partial charge is 0.390 e. The summed E-state index contributed by atoms with van der Waals surface area (Å²) in [4.78, 5) is 11.8. The van der Waals surface area contributed by atoms with E-state index in [4.69, 9.17) is 0 Å². The molecule has 1 aromatic rings. The van der Waals surface area contributed by atoms with Crippen LogP contribution in [0.25, 0.3) is 0 Å². The number of rotatable bonds is 2. The average Bonchev–Trinajstić information content (AvgIpc) is 2.50. The maximum atomic E-state index is 13.9. The first-order valence-electron chi connectivity index (χ1n) is 6.30. The highest BCUT2D eigenvalue weighted by atomic mass is 19.1. The Bertz CT molecular complexity index is 491. The molecule has 6 heteroatoms. The Morgan fingerprint density at radius 1 is 1.42 bits per heavy atom. The van der Waals surface area contributed by atoms with E-state index in [1.165, 1.54) is 12.1 Å². The van der Waals surface area contributed by atoms with Crippen LogP contribution in [0.2, 0.25) is 0 Å². The van der Waals surface area contributed by atoms with Gasteiger partial charge in [-0.1, -0.05) is 0 Å². The number of hydrogen-bond donors (Lipinski definition) is 1. The van der Waals surface area contributed by atoms with Gasteiger partial charge in [0, 0.05) is 19.2 Å². The lowest BCUT2D eigenvalue weighted by Crippen LogP contribution is -2.28. The first-order chi connectivity index (χ1) is 8.89. The molecule has 1 atom stereocenters. The second-order valence-electron chi connectivity index (χ2n) is 5.23. The van der Waals surface area contributed by atoms with Gasteiger partial charge in [0.15, 0.2) is 5.82 Å². The number of halogens is 1. The van der Waals surface area contributed by atoms with E-state index in [0.717, 1.165) is 12.5 Å². The minimum atomic E-state index is -0.716. The molecule has 1 aromatic carbocycles. The predicted octanol–water partition coefficient (Wildman–Crippen LogP) is 2.48. The van der Waals surface area contributed by atoms with E-state index in [-0.39, 0.29) is 5.69 Å². The van der Waals surface area contributed by atoms with E-state index in [9.17, 15) is 19.6 Å². The van der Waals surface area contributed by atoms with Gasteiger partial charge in [-0.15, -0.1) is 0 Å². The average molecular weight is 268 g/mol. The summed E-state index contributed by atoms with van der Waals surface area (Å²) in [5.74, 6) is -0.587. The van der Waals surface area contributed by atoms with Gasteiger partial charge in [-0.25, -0.2) is 4.39 Å². The summed E-state index contributed by atoms with van der Waals surface area (Å²) in [5, 5.41) is 20.6. The molecular weight excluding hydrogens is 251 g/mol. The van der Waals surface area contributed by atoms with Crippen molar-refractivity contribution in [2.24, 2.45) is 0 Å². The molecule has 1 saturated heterocycles. The van der Waals surface area contributed by atoms with E-state index >= 15 is 0 Å². The molecule has 0 amide bonds. The second-order valence-corrected chi connectivity index (χ2v) is 5.23. The van der Waals surface area contributed by atoms with Crippen molar-refractivity contribution in [3.63, 3.8) is 0 Å². The Kier molecular flexibility index (Phi) is 3.71. The van der Waals surface area contributed by atoms with Gasteiger partial charge in [0.1, 0.15) is 0 Å². The molecule has 0 saturated carbocycles. The zero-order valence-corrected chi connectivity index (χ0v) is 10.8. The molecule has 1 aliphatic rings. The van der Waals surface area contributed by atoms with Gasteiger partial charge in [0.25, 0.3) is 5.69 Å². The first-order valence-corrected chi connectivity index (χ1v) is 6.30. The third kappa shape index (κ3) is 3.20. The Morgan fingerprint density at radius 2 is 2.16 bits per heavy atom. The molecule has 1 aliphatic heterocycles. The summed E-state index contributed by atoms with van der Waals surface area (Å²) in [6.45, 7) is 2.97. The molecule has 1 fully saturated rings. The minimum Gasteiger partial charge on any atom is -0.390 e. The fourth-order valence-corrected chi connectivity index (χ4v) is 2.37. The molecule has 1 unspecified atom stereocenters. The fraction of sp³-hybridized carbons (Fsp3) is 0.538. The van der Waals surface area contributed by atoms with Crippen LogP contribution in [0, 0.1) is 15.9 Å². The summed E-state index contributed by atoms with van der Waals surface area (Å²) in [6.07, 6.45) is 2.00. The van der Waals surface area contributed by atoms with Gasteiger partial charge in [0.2, 0.25) is 0 Å². The number of non-ortho nitro benzene ring substituents is 1. The quantitative estimate of drug-likeness (QED) is 0.661. The summed E-state index contributed by atoms with van der Waals surface area (Å²) in [6, 6.07) is 3.69. The second kappa shape index (κ2) is 5.13. The predicted molar refractivity (Wildman–Crippen MR) is 69.7 cm³/mol. The maximum Gasteiger partial charge on any atom is 0.272 e. The summed E-state index contributed by atoms with van der Waals surface area (Å²) < 4.78 is 13.9. The lowest BCUT2D eigenvalue weighted by molar-refractivity contribution is -0.385. The first kappa shape index (κ1) is 13.7. The van der Waals surface area contributed by atoms with Crippen molar-refractivity contribution in [2.45, 2.75) is 31.8 Å². The number of hydrogen-bond acceptors (Lipinski definition) is 4. The topological polar surface area (TPSA) is 66.6 Å². The van der Waals surface area contributed by atoms with E-state index in [1.54, 1.807) is 6.92 Å². The van der Waals surface area contributed by atoms with E-state index < -0.39 is 16.3 Å². The summed E-state index contributed by atoms with van der Waals surface area (Å²) in [5.41, 5.74) is -0.599. The van der Waals surface area contributed by atoms with Crippen LogP contribution in [0.4, 0.5) is 15.8 Å². The van der Waals surface area contributed by atoms with Crippen LogP contribution in [0.1, 0.15) is 26.2 Å². The molecule has 5 nitrogen and oxygen atoms in total.